The maximum Gasteiger partial charge on any atom is 0.301 e. The number of carbonyl (C=O) groups excluding carboxylic acids is 2. The maximum absolute atomic E-state index is 13.3. The minimum absolute atomic E-state index is 0.0916. The molecule has 4 rings (SSSR count). The van der Waals surface area contributed by atoms with E-state index in [9.17, 15) is 19.1 Å². The highest BCUT2D eigenvalue weighted by molar-refractivity contribution is 6.51. The molecule has 1 N–H and O–H groups in total. The van der Waals surface area contributed by atoms with Gasteiger partial charge in [-0.05, 0) is 43.7 Å². The zero-order chi connectivity index (χ0) is 20.7. The van der Waals surface area contributed by atoms with Crippen LogP contribution >= 0.6 is 0 Å². The van der Waals surface area contributed by atoms with E-state index in [2.05, 4.69) is 5.16 Å². The van der Waals surface area contributed by atoms with Crippen LogP contribution in [0, 0.1) is 19.7 Å². The van der Waals surface area contributed by atoms with Crippen LogP contribution in [0.3, 0.4) is 0 Å². The van der Waals surface area contributed by atoms with E-state index in [0.717, 1.165) is 5.56 Å². The predicted molar refractivity (Wildman–Crippen MR) is 104 cm³/mol. The minimum Gasteiger partial charge on any atom is -0.507 e. The summed E-state index contributed by atoms with van der Waals surface area (Å²) in [6.07, 6.45) is 0. The lowest BCUT2D eigenvalue weighted by Crippen LogP contribution is -2.29. The molecule has 0 spiro atoms. The smallest absolute Gasteiger partial charge is 0.301 e. The summed E-state index contributed by atoms with van der Waals surface area (Å²) in [5.41, 5.74) is 1.77. The van der Waals surface area contributed by atoms with Crippen molar-refractivity contribution in [2.45, 2.75) is 19.9 Å². The summed E-state index contributed by atoms with van der Waals surface area (Å²) < 4.78 is 18.4. The molecule has 1 aliphatic heterocycles. The molecule has 2 heterocycles. The monoisotopic (exact) mass is 392 g/mol. The number of ketones is 1. The number of carbonyl (C=O) groups is 2. The number of nitrogens with zero attached hydrogens (tertiary/aromatic N) is 2. The van der Waals surface area contributed by atoms with Crippen molar-refractivity contribution in [1.82, 2.24) is 5.16 Å². The third kappa shape index (κ3) is 3.20. The van der Waals surface area contributed by atoms with Crippen molar-refractivity contribution in [2.75, 3.05) is 4.90 Å². The number of aromatic nitrogens is 1. The summed E-state index contributed by atoms with van der Waals surface area (Å²) in [7, 11) is 0. The normalized spacial score (nSPS) is 18.4. The summed E-state index contributed by atoms with van der Waals surface area (Å²) in [5.74, 6) is -1.88. The van der Waals surface area contributed by atoms with E-state index < -0.39 is 23.5 Å². The SMILES string of the molecule is Cc1ccc([C@H]2/C(=C(\O)c3ccc(F)cc3)C(=O)C(=O)N2c2cc(C)on2)cc1. The number of amides is 1. The van der Waals surface area contributed by atoms with Crippen LogP contribution < -0.4 is 4.90 Å². The van der Waals surface area contributed by atoms with Crippen molar-refractivity contribution in [1.29, 1.82) is 0 Å². The number of aryl methyl sites for hydroxylation is 2. The van der Waals surface area contributed by atoms with Crippen LogP contribution in [0.15, 0.2) is 64.7 Å². The second-order valence-corrected chi connectivity index (χ2v) is 6.88. The van der Waals surface area contributed by atoms with Gasteiger partial charge < -0.3 is 9.63 Å². The zero-order valence-corrected chi connectivity index (χ0v) is 15.7. The van der Waals surface area contributed by atoms with Gasteiger partial charge >= 0.3 is 5.91 Å². The van der Waals surface area contributed by atoms with Gasteiger partial charge in [0, 0.05) is 11.6 Å². The molecule has 29 heavy (non-hydrogen) atoms. The summed E-state index contributed by atoms with van der Waals surface area (Å²) in [6, 6.07) is 13.0. The largest absolute Gasteiger partial charge is 0.507 e. The standard InChI is InChI=1S/C22H17FN2O4/c1-12-3-5-14(6-4-12)19-18(20(26)15-7-9-16(23)10-8-15)21(27)22(28)25(19)17-11-13(2)29-24-17/h3-11,19,26H,1-2H3/b20-18+/t19-/m0/s1. The van der Waals surface area contributed by atoms with Crippen molar-refractivity contribution in [2.24, 2.45) is 0 Å². The second-order valence-electron chi connectivity index (χ2n) is 6.88. The Morgan fingerprint density at radius 3 is 2.31 bits per heavy atom. The first-order valence-electron chi connectivity index (χ1n) is 8.93. The van der Waals surface area contributed by atoms with Gasteiger partial charge in [0.25, 0.3) is 5.78 Å². The number of aliphatic hydroxyl groups is 1. The van der Waals surface area contributed by atoms with E-state index in [1.807, 2.05) is 19.1 Å². The van der Waals surface area contributed by atoms with E-state index >= 15 is 0 Å². The van der Waals surface area contributed by atoms with E-state index in [-0.39, 0.29) is 22.7 Å². The number of rotatable bonds is 3. The molecule has 0 bridgehead atoms. The molecule has 1 atom stereocenters. The van der Waals surface area contributed by atoms with E-state index in [1.165, 1.54) is 29.2 Å². The van der Waals surface area contributed by atoms with Gasteiger partial charge in [-0.25, -0.2) is 4.39 Å². The molecule has 0 unspecified atom stereocenters. The Balaban J connectivity index is 1.93. The summed E-state index contributed by atoms with van der Waals surface area (Å²) >= 11 is 0. The van der Waals surface area contributed by atoms with Gasteiger partial charge in [-0.2, -0.15) is 0 Å². The Labute approximate surface area is 165 Å². The molecule has 7 heteroatoms. The fraction of sp³-hybridized carbons (Fsp3) is 0.136. The molecule has 0 radical (unpaired) electrons. The van der Waals surface area contributed by atoms with Crippen molar-refractivity contribution in [3.63, 3.8) is 0 Å². The molecule has 0 saturated carbocycles. The minimum atomic E-state index is -0.898. The van der Waals surface area contributed by atoms with Crippen molar-refractivity contribution < 1.29 is 23.6 Å². The van der Waals surface area contributed by atoms with Gasteiger partial charge in [-0.15, -0.1) is 0 Å². The molecule has 6 nitrogen and oxygen atoms in total. The van der Waals surface area contributed by atoms with Crippen molar-refractivity contribution >= 4 is 23.3 Å². The molecule has 2 aromatic carbocycles. The average molecular weight is 392 g/mol. The third-order valence-electron chi connectivity index (χ3n) is 4.82. The van der Waals surface area contributed by atoms with Gasteiger partial charge in [0.1, 0.15) is 17.3 Å². The summed E-state index contributed by atoms with van der Waals surface area (Å²) in [4.78, 5) is 26.9. The molecule has 1 aliphatic rings. The number of halogens is 1. The van der Waals surface area contributed by atoms with Gasteiger partial charge in [0.15, 0.2) is 5.82 Å². The van der Waals surface area contributed by atoms with Crippen LogP contribution in [0.5, 0.6) is 0 Å². The summed E-state index contributed by atoms with van der Waals surface area (Å²) in [6.45, 7) is 3.59. The molecule has 1 fully saturated rings. The van der Waals surface area contributed by atoms with Crippen molar-refractivity contribution in [3.8, 4) is 0 Å². The maximum atomic E-state index is 13.3. The molecule has 0 aliphatic carbocycles. The molecule has 3 aromatic rings. The first kappa shape index (κ1) is 18.6. The van der Waals surface area contributed by atoms with Crippen LogP contribution in [0.25, 0.3) is 5.76 Å². The number of Topliss-reactive ketones (excluding diaryl/α,β-unsaturated/α-hetero) is 1. The third-order valence-corrected chi connectivity index (χ3v) is 4.82. The number of anilines is 1. The topological polar surface area (TPSA) is 83.6 Å². The molecule has 146 valence electrons. The Morgan fingerprint density at radius 1 is 1.07 bits per heavy atom. The van der Waals surface area contributed by atoms with Crippen LogP contribution in [-0.2, 0) is 9.59 Å². The highest BCUT2D eigenvalue weighted by Crippen LogP contribution is 2.41. The molecular weight excluding hydrogens is 375 g/mol. The fourth-order valence-corrected chi connectivity index (χ4v) is 3.36. The lowest BCUT2D eigenvalue weighted by atomic mass is 9.95. The molecule has 1 aromatic heterocycles. The second kappa shape index (κ2) is 7.01. The zero-order valence-electron chi connectivity index (χ0n) is 15.7. The van der Waals surface area contributed by atoms with E-state index in [4.69, 9.17) is 4.52 Å². The van der Waals surface area contributed by atoms with Gasteiger partial charge in [0.05, 0.1) is 11.6 Å². The Hall–Kier alpha value is -3.74. The highest BCUT2D eigenvalue weighted by Gasteiger charge is 2.48. The number of hydrogen-bond acceptors (Lipinski definition) is 5. The quantitative estimate of drug-likeness (QED) is 0.413. The molecule has 1 saturated heterocycles. The number of aliphatic hydroxyl groups excluding tert-OH is 1. The Bertz CT molecular complexity index is 1130. The number of benzene rings is 2. The number of hydrogen-bond donors (Lipinski definition) is 1. The van der Waals surface area contributed by atoms with E-state index in [1.54, 1.807) is 25.1 Å². The summed E-state index contributed by atoms with van der Waals surface area (Å²) in [5, 5.41) is 14.7. The average Bonchev–Trinajstić information content (AvgIpc) is 3.24. The Kier molecular flexibility index (Phi) is 4.50. The van der Waals surface area contributed by atoms with Crippen LogP contribution in [0.2, 0.25) is 0 Å². The first-order valence-corrected chi connectivity index (χ1v) is 8.93. The van der Waals surface area contributed by atoms with Gasteiger partial charge in [0.2, 0.25) is 0 Å². The first-order chi connectivity index (χ1) is 13.9. The molecular formula is C22H17FN2O4. The van der Waals surface area contributed by atoms with Crippen LogP contribution in [-0.4, -0.2) is 22.0 Å². The van der Waals surface area contributed by atoms with Crippen LogP contribution in [0.4, 0.5) is 10.2 Å². The lowest BCUT2D eigenvalue weighted by molar-refractivity contribution is -0.132. The van der Waals surface area contributed by atoms with Gasteiger partial charge in [-0.1, -0.05) is 35.0 Å². The predicted octanol–water partition coefficient (Wildman–Crippen LogP) is 4.06. The lowest BCUT2D eigenvalue weighted by Gasteiger charge is -2.23. The van der Waals surface area contributed by atoms with Crippen molar-refractivity contribution in [3.05, 3.63) is 88.4 Å². The van der Waals surface area contributed by atoms with Crippen LogP contribution in [0.1, 0.15) is 28.5 Å². The Morgan fingerprint density at radius 2 is 1.72 bits per heavy atom. The molecule has 1 amide bonds. The van der Waals surface area contributed by atoms with Gasteiger partial charge in [-0.3, -0.25) is 14.5 Å². The highest BCUT2D eigenvalue weighted by atomic mass is 19.1. The van der Waals surface area contributed by atoms with E-state index in [0.29, 0.717) is 11.3 Å². The fourth-order valence-electron chi connectivity index (χ4n) is 3.36.